The van der Waals surface area contributed by atoms with E-state index in [-0.39, 0.29) is 29.2 Å². The Hall–Kier alpha value is -2.41. The van der Waals surface area contributed by atoms with Crippen molar-refractivity contribution in [3.8, 4) is 11.4 Å². The number of hydrogen-bond acceptors (Lipinski definition) is 4. The molecule has 0 radical (unpaired) electrons. The quantitative estimate of drug-likeness (QED) is 0.892. The molecule has 2 aromatic rings. The number of aromatic hydroxyl groups is 1. The zero-order valence-electron chi connectivity index (χ0n) is 14.4. The van der Waals surface area contributed by atoms with Gasteiger partial charge in [0.2, 0.25) is 0 Å². The molecular formula is C18H23FN4O2. The number of amides is 1. The number of halogens is 1. The second-order valence-corrected chi connectivity index (χ2v) is 6.73. The lowest BCUT2D eigenvalue weighted by atomic mass is 9.91. The molecule has 1 fully saturated rings. The summed E-state index contributed by atoms with van der Waals surface area (Å²) in [5, 5.41) is 14.4. The van der Waals surface area contributed by atoms with Gasteiger partial charge in [0.1, 0.15) is 5.82 Å². The van der Waals surface area contributed by atoms with E-state index in [1.165, 1.54) is 23.0 Å². The molecule has 1 saturated heterocycles. The second kappa shape index (κ2) is 6.84. The zero-order chi connectivity index (χ0) is 18.1. The van der Waals surface area contributed by atoms with Crippen LogP contribution in [-0.4, -0.2) is 44.8 Å². The van der Waals surface area contributed by atoms with Gasteiger partial charge in [0.05, 0.1) is 11.9 Å². The van der Waals surface area contributed by atoms with Crippen molar-refractivity contribution in [3.05, 3.63) is 41.5 Å². The predicted octanol–water partition coefficient (Wildman–Crippen LogP) is 2.22. The molecule has 1 atom stereocenters. The first-order valence-electron chi connectivity index (χ1n) is 8.47. The van der Waals surface area contributed by atoms with E-state index in [1.54, 1.807) is 17.9 Å². The molecule has 1 unspecified atom stereocenters. The van der Waals surface area contributed by atoms with Gasteiger partial charge in [-0.2, -0.15) is 5.10 Å². The number of rotatable bonds is 3. The van der Waals surface area contributed by atoms with Gasteiger partial charge in [0.15, 0.2) is 11.4 Å². The first kappa shape index (κ1) is 17.4. The van der Waals surface area contributed by atoms with Crippen LogP contribution in [0.3, 0.4) is 0 Å². The van der Waals surface area contributed by atoms with Crippen LogP contribution in [0.2, 0.25) is 0 Å². The van der Waals surface area contributed by atoms with Crippen LogP contribution in [0.5, 0.6) is 5.75 Å². The summed E-state index contributed by atoms with van der Waals surface area (Å²) in [5.41, 5.74) is 7.23. The van der Waals surface area contributed by atoms with Crippen molar-refractivity contribution in [2.24, 2.45) is 11.7 Å². The molecule has 0 spiro atoms. The summed E-state index contributed by atoms with van der Waals surface area (Å²) in [6, 6.07) is 4.39. The van der Waals surface area contributed by atoms with Crippen LogP contribution in [-0.2, 0) is 0 Å². The van der Waals surface area contributed by atoms with Crippen LogP contribution in [0.4, 0.5) is 4.39 Å². The van der Waals surface area contributed by atoms with Crippen molar-refractivity contribution >= 4 is 5.91 Å². The fraction of sp³-hybridized carbons (Fsp3) is 0.444. The van der Waals surface area contributed by atoms with E-state index in [0.29, 0.717) is 30.3 Å². The van der Waals surface area contributed by atoms with Crippen molar-refractivity contribution < 1.29 is 14.3 Å². The Labute approximate surface area is 146 Å². The first-order valence-corrected chi connectivity index (χ1v) is 8.47. The maximum Gasteiger partial charge on any atom is 0.278 e. The van der Waals surface area contributed by atoms with E-state index in [4.69, 9.17) is 5.73 Å². The lowest BCUT2D eigenvalue weighted by molar-refractivity contribution is 0.0671. The number of nitrogens with two attached hydrogens (primary N) is 1. The van der Waals surface area contributed by atoms with Crippen LogP contribution in [0.25, 0.3) is 5.69 Å². The molecule has 0 saturated carbocycles. The Bertz CT molecular complexity index is 779. The van der Waals surface area contributed by atoms with Crippen molar-refractivity contribution in [3.63, 3.8) is 0 Å². The highest BCUT2D eigenvalue weighted by molar-refractivity contribution is 5.94. The lowest BCUT2D eigenvalue weighted by Gasteiger charge is -2.33. The van der Waals surface area contributed by atoms with Crippen LogP contribution in [0, 0.1) is 18.7 Å². The highest BCUT2D eigenvalue weighted by atomic mass is 19.1. The average Bonchev–Trinajstić information content (AvgIpc) is 2.95. The van der Waals surface area contributed by atoms with E-state index < -0.39 is 0 Å². The number of benzene rings is 1. The fourth-order valence-electron chi connectivity index (χ4n) is 3.29. The Morgan fingerprint density at radius 2 is 2.08 bits per heavy atom. The maximum atomic E-state index is 13.3. The van der Waals surface area contributed by atoms with E-state index in [2.05, 4.69) is 5.10 Å². The number of aromatic nitrogens is 2. The summed E-state index contributed by atoms with van der Waals surface area (Å²) < 4.78 is 14.7. The molecule has 6 nitrogen and oxygen atoms in total. The topological polar surface area (TPSA) is 84.4 Å². The molecule has 7 heteroatoms. The minimum atomic E-state index is -0.342. The maximum absolute atomic E-state index is 13.3. The van der Waals surface area contributed by atoms with Crippen molar-refractivity contribution in [1.29, 1.82) is 0 Å². The van der Waals surface area contributed by atoms with E-state index >= 15 is 0 Å². The smallest absolute Gasteiger partial charge is 0.278 e. The van der Waals surface area contributed by atoms with Crippen molar-refractivity contribution in [1.82, 2.24) is 14.7 Å². The number of nitrogens with zero attached hydrogens (tertiary/aromatic N) is 3. The van der Waals surface area contributed by atoms with Gasteiger partial charge in [-0.05, 0) is 56.4 Å². The summed E-state index contributed by atoms with van der Waals surface area (Å²) in [5.74, 6) is -0.398. The molecule has 1 amide bonds. The average molecular weight is 346 g/mol. The third-order valence-corrected chi connectivity index (χ3v) is 4.87. The molecule has 134 valence electrons. The van der Waals surface area contributed by atoms with Gasteiger partial charge in [0, 0.05) is 19.1 Å². The summed E-state index contributed by atoms with van der Waals surface area (Å²) in [4.78, 5) is 14.4. The zero-order valence-corrected chi connectivity index (χ0v) is 14.4. The molecule has 3 N–H and O–H groups in total. The summed E-state index contributed by atoms with van der Waals surface area (Å²) >= 11 is 0. The molecule has 25 heavy (non-hydrogen) atoms. The number of aryl methyl sites for hydroxylation is 1. The lowest BCUT2D eigenvalue weighted by Crippen LogP contribution is -2.42. The Kier molecular flexibility index (Phi) is 4.76. The van der Waals surface area contributed by atoms with Gasteiger partial charge >= 0.3 is 0 Å². The highest BCUT2D eigenvalue weighted by Crippen LogP contribution is 2.25. The molecule has 3 rings (SSSR count). The van der Waals surface area contributed by atoms with Gasteiger partial charge in [-0.1, -0.05) is 0 Å². The van der Waals surface area contributed by atoms with Gasteiger partial charge in [0.25, 0.3) is 5.91 Å². The molecule has 0 aliphatic carbocycles. The summed E-state index contributed by atoms with van der Waals surface area (Å²) in [6.07, 6.45) is 3.08. The molecule has 1 aliphatic heterocycles. The van der Waals surface area contributed by atoms with Gasteiger partial charge in [-0.15, -0.1) is 0 Å². The largest absolute Gasteiger partial charge is 0.504 e. The molecule has 0 bridgehead atoms. The van der Waals surface area contributed by atoms with Crippen LogP contribution < -0.4 is 5.73 Å². The molecule has 1 aromatic carbocycles. The summed E-state index contributed by atoms with van der Waals surface area (Å²) in [7, 11) is 0. The summed E-state index contributed by atoms with van der Waals surface area (Å²) in [6.45, 7) is 4.94. The molecular weight excluding hydrogens is 323 g/mol. The molecule has 1 aromatic heterocycles. The van der Waals surface area contributed by atoms with Crippen molar-refractivity contribution in [2.45, 2.75) is 32.7 Å². The normalized spacial score (nSPS) is 16.9. The molecule has 2 heterocycles. The van der Waals surface area contributed by atoms with E-state index in [9.17, 15) is 14.3 Å². The number of carbonyl (C=O) groups is 1. The number of piperidine rings is 1. The van der Waals surface area contributed by atoms with Crippen LogP contribution in [0.1, 0.15) is 35.8 Å². The number of likely N-dealkylation sites (tertiary alicyclic amines) is 1. The van der Waals surface area contributed by atoms with Gasteiger partial charge in [-0.3, -0.25) is 4.79 Å². The minimum Gasteiger partial charge on any atom is -0.504 e. The monoisotopic (exact) mass is 346 g/mol. The number of hydrogen-bond donors (Lipinski definition) is 2. The van der Waals surface area contributed by atoms with Crippen LogP contribution in [0.15, 0.2) is 24.4 Å². The standard InChI is InChI=1S/C18H23FN4O2/c1-11-9-14(19)3-4-15(11)23-10-16(24)17(21-23)18(25)22-7-5-13(6-8-22)12(2)20/h3-4,9-10,12-13,24H,5-8,20H2,1-2H3. The van der Waals surface area contributed by atoms with Gasteiger partial charge in [-0.25, -0.2) is 9.07 Å². The molecule has 1 aliphatic rings. The second-order valence-electron chi connectivity index (χ2n) is 6.73. The Morgan fingerprint density at radius 1 is 1.40 bits per heavy atom. The SMILES string of the molecule is Cc1cc(F)ccc1-n1cc(O)c(C(=O)N2CCC(C(C)N)CC2)n1. The van der Waals surface area contributed by atoms with Gasteiger partial charge < -0.3 is 15.7 Å². The predicted molar refractivity (Wildman–Crippen MR) is 92.2 cm³/mol. The number of carbonyl (C=O) groups excluding carboxylic acids is 1. The first-order chi connectivity index (χ1) is 11.9. The third kappa shape index (κ3) is 3.51. The fourth-order valence-corrected chi connectivity index (χ4v) is 3.29. The third-order valence-electron chi connectivity index (χ3n) is 4.87. The van der Waals surface area contributed by atoms with Crippen molar-refractivity contribution in [2.75, 3.05) is 13.1 Å². The van der Waals surface area contributed by atoms with E-state index in [1.807, 2.05) is 6.92 Å². The van der Waals surface area contributed by atoms with E-state index in [0.717, 1.165) is 12.8 Å². The minimum absolute atomic E-state index is 0.0166. The highest BCUT2D eigenvalue weighted by Gasteiger charge is 2.28. The Balaban J connectivity index is 1.80. The Morgan fingerprint density at radius 3 is 2.68 bits per heavy atom. The van der Waals surface area contributed by atoms with Crippen LogP contribution >= 0.6 is 0 Å².